The lowest BCUT2D eigenvalue weighted by atomic mass is 10.0. The van der Waals surface area contributed by atoms with E-state index in [-0.39, 0.29) is 30.4 Å². The van der Waals surface area contributed by atoms with Crippen LogP contribution in [0.3, 0.4) is 0 Å². The summed E-state index contributed by atoms with van der Waals surface area (Å²) in [6, 6.07) is 12.2. The Labute approximate surface area is 243 Å². The van der Waals surface area contributed by atoms with Gasteiger partial charge >= 0.3 is 0 Å². The summed E-state index contributed by atoms with van der Waals surface area (Å²) < 4.78 is 5.14. The first-order chi connectivity index (χ1) is 18.5. The molecule has 1 aliphatic rings. The zero-order valence-electron chi connectivity index (χ0n) is 22.1. The van der Waals surface area contributed by atoms with E-state index < -0.39 is 0 Å². The predicted octanol–water partition coefficient (Wildman–Crippen LogP) is 3.53. The number of aromatic nitrogens is 6. The second kappa shape index (κ2) is 11.9. The third kappa shape index (κ3) is 5.45. The van der Waals surface area contributed by atoms with Gasteiger partial charge in [0.2, 0.25) is 0 Å². The normalized spacial score (nSPS) is 13.5. The van der Waals surface area contributed by atoms with E-state index in [1.807, 2.05) is 50.0 Å². The van der Waals surface area contributed by atoms with Gasteiger partial charge < -0.3 is 9.47 Å². The van der Waals surface area contributed by atoms with Crippen molar-refractivity contribution in [2.45, 2.75) is 6.54 Å². The number of pyridine rings is 3. The number of fused-ring (bicyclic) bond motifs is 1. The van der Waals surface area contributed by atoms with Crippen LogP contribution in [-0.2, 0) is 20.6 Å². The third-order valence-corrected chi connectivity index (χ3v) is 7.12. The molecule has 0 atom stereocenters. The van der Waals surface area contributed by atoms with Gasteiger partial charge in [-0.05, 0) is 24.3 Å². The first kappa shape index (κ1) is 28.8. The Bertz CT molecular complexity index is 1730. The molecule has 0 aliphatic carbocycles. The van der Waals surface area contributed by atoms with Crippen LogP contribution in [0.4, 0.5) is 5.82 Å². The largest absolute Gasteiger partial charge is 0.354 e. The SMILES string of the molecule is Cl.Cl.Cn1cc(-c2cc(-c3ccc(N4CCN(Cc5cccn(C)c5=O)CC4)nc3)c3c(C#N)cnn3c2)cn1. The molecule has 0 unspecified atom stereocenters. The van der Waals surface area contributed by atoms with Gasteiger partial charge in [0, 0.05) is 99.4 Å². The lowest BCUT2D eigenvalue weighted by molar-refractivity contribution is 0.248. The molecule has 0 saturated carbocycles. The number of nitriles is 1. The highest BCUT2D eigenvalue weighted by Crippen LogP contribution is 2.32. The van der Waals surface area contributed by atoms with Crippen LogP contribution in [0, 0.1) is 11.3 Å². The maximum absolute atomic E-state index is 12.4. The van der Waals surface area contributed by atoms with Crippen molar-refractivity contribution in [3.63, 3.8) is 0 Å². The van der Waals surface area contributed by atoms with Crippen LogP contribution in [0.2, 0.25) is 0 Å². The minimum absolute atomic E-state index is 0. The Morgan fingerprint density at radius 3 is 2.40 bits per heavy atom. The highest BCUT2D eigenvalue weighted by Gasteiger charge is 2.20. The molecular weight excluding hydrogens is 549 g/mol. The monoisotopic (exact) mass is 577 g/mol. The summed E-state index contributed by atoms with van der Waals surface area (Å²) in [4.78, 5) is 21.7. The summed E-state index contributed by atoms with van der Waals surface area (Å²) >= 11 is 0. The lowest BCUT2D eigenvalue weighted by Gasteiger charge is -2.35. The van der Waals surface area contributed by atoms with Gasteiger partial charge in [-0.25, -0.2) is 9.50 Å². The molecule has 40 heavy (non-hydrogen) atoms. The molecule has 10 nitrogen and oxygen atoms in total. The molecule has 0 amide bonds. The zero-order chi connectivity index (χ0) is 26.2. The van der Waals surface area contributed by atoms with Gasteiger partial charge in [-0.2, -0.15) is 15.5 Å². The summed E-state index contributed by atoms with van der Waals surface area (Å²) in [5, 5.41) is 18.4. The van der Waals surface area contributed by atoms with Gasteiger partial charge in [-0.15, -0.1) is 24.8 Å². The predicted molar refractivity (Wildman–Crippen MR) is 159 cm³/mol. The number of nitrogens with zero attached hydrogens (tertiary/aromatic N) is 9. The quantitative estimate of drug-likeness (QED) is 0.315. The van der Waals surface area contributed by atoms with E-state index in [1.54, 1.807) is 33.2 Å². The molecule has 206 valence electrons. The molecule has 5 aromatic heterocycles. The van der Waals surface area contributed by atoms with E-state index in [4.69, 9.17) is 4.98 Å². The molecule has 0 N–H and O–H groups in total. The highest BCUT2D eigenvalue weighted by molar-refractivity contribution is 5.87. The van der Waals surface area contributed by atoms with Crippen molar-refractivity contribution in [1.82, 2.24) is 33.8 Å². The Morgan fingerprint density at radius 1 is 0.925 bits per heavy atom. The molecule has 1 aliphatic heterocycles. The topological polar surface area (TPSA) is 100 Å². The second-order valence-electron chi connectivity index (χ2n) is 9.63. The summed E-state index contributed by atoms with van der Waals surface area (Å²) in [6.07, 6.45) is 10.9. The van der Waals surface area contributed by atoms with E-state index in [2.05, 4.69) is 38.2 Å². The number of piperazine rings is 1. The summed E-state index contributed by atoms with van der Waals surface area (Å²) in [5.74, 6) is 0.914. The average Bonchev–Trinajstić information content (AvgIpc) is 3.57. The first-order valence-electron chi connectivity index (χ1n) is 12.5. The van der Waals surface area contributed by atoms with Crippen LogP contribution in [0.1, 0.15) is 11.1 Å². The first-order valence-corrected chi connectivity index (χ1v) is 12.5. The Hall–Kier alpha value is -4.17. The van der Waals surface area contributed by atoms with Crippen molar-refractivity contribution in [3.05, 3.63) is 89.0 Å². The maximum atomic E-state index is 12.4. The van der Waals surface area contributed by atoms with Crippen molar-refractivity contribution in [1.29, 1.82) is 5.26 Å². The van der Waals surface area contributed by atoms with E-state index in [0.717, 1.165) is 65.3 Å². The van der Waals surface area contributed by atoms with Crippen molar-refractivity contribution in [2.75, 3.05) is 31.1 Å². The van der Waals surface area contributed by atoms with Crippen LogP contribution < -0.4 is 10.5 Å². The lowest BCUT2D eigenvalue weighted by Crippen LogP contribution is -2.46. The molecule has 6 rings (SSSR count). The summed E-state index contributed by atoms with van der Waals surface area (Å²) in [7, 11) is 3.67. The Morgan fingerprint density at radius 2 is 1.73 bits per heavy atom. The van der Waals surface area contributed by atoms with Gasteiger partial charge in [0.15, 0.2) is 0 Å². The number of rotatable bonds is 5. The number of anilines is 1. The fourth-order valence-electron chi connectivity index (χ4n) is 5.03. The number of hydrogen-bond acceptors (Lipinski definition) is 7. The average molecular weight is 579 g/mol. The molecule has 12 heteroatoms. The van der Waals surface area contributed by atoms with Gasteiger partial charge in [-0.3, -0.25) is 14.4 Å². The molecule has 1 fully saturated rings. The highest BCUT2D eigenvalue weighted by atomic mass is 35.5. The molecule has 0 radical (unpaired) electrons. The molecular formula is C28H29Cl2N9O. The molecule has 0 aromatic carbocycles. The van der Waals surface area contributed by atoms with Crippen molar-refractivity contribution in [2.24, 2.45) is 14.1 Å². The van der Waals surface area contributed by atoms with Crippen molar-refractivity contribution >= 4 is 36.1 Å². The zero-order valence-corrected chi connectivity index (χ0v) is 23.8. The van der Waals surface area contributed by atoms with E-state index in [1.165, 1.54) is 0 Å². The van der Waals surface area contributed by atoms with E-state index in [9.17, 15) is 10.1 Å². The Kier molecular flexibility index (Phi) is 8.59. The fraction of sp³-hybridized carbons (Fsp3) is 0.250. The van der Waals surface area contributed by atoms with Crippen molar-refractivity contribution in [3.8, 4) is 28.3 Å². The molecule has 0 bridgehead atoms. The fourth-order valence-corrected chi connectivity index (χ4v) is 5.03. The van der Waals surface area contributed by atoms with E-state index >= 15 is 0 Å². The van der Waals surface area contributed by atoms with Gasteiger partial charge in [0.05, 0.1) is 23.5 Å². The van der Waals surface area contributed by atoms with Gasteiger partial charge in [-0.1, -0.05) is 6.07 Å². The number of aryl methyl sites for hydroxylation is 2. The summed E-state index contributed by atoms with van der Waals surface area (Å²) in [5.41, 5.74) is 5.91. The molecule has 1 saturated heterocycles. The van der Waals surface area contributed by atoms with Crippen LogP contribution in [0.15, 0.2) is 72.3 Å². The Balaban J connectivity index is 0.00000185. The second-order valence-corrected chi connectivity index (χ2v) is 9.63. The third-order valence-electron chi connectivity index (χ3n) is 7.12. The number of hydrogen-bond donors (Lipinski definition) is 0. The summed E-state index contributed by atoms with van der Waals surface area (Å²) in [6.45, 7) is 4.04. The van der Waals surface area contributed by atoms with Gasteiger partial charge in [0.1, 0.15) is 11.9 Å². The van der Waals surface area contributed by atoms with Crippen LogP contribution in [0.5, 0.6) is 0 Å². The van der Waals surface area contributed by atoms with Crippen LogP contribution in [0.25, 0.3) is 27.8 Å². The molecule has 6 heterocycles. The molecule has 5 aromatic rings. The van der Waals surface area contributed by atoms with Crippen LogP contribution in [-0.4, -0.2) is 60.0 Å². The maximum Gasteiger partial charge on any atom is 0.254 e. The minimum Gasteiger partial charge on any atom is -0.354 e. The number of halogens is 2. The standard InChI is InChI=1S/C28H27N9O.2ClH/c1-33-7-3-4-21(28(33)38)18-35-8-10-36(11-9-35)26-6-5-20(14-30-26)25-12-22(24-16-31-34(2)17-24)19-37-27(25)23(13-29)15-32-37;;/h3-7,12,14-17,19H,8-11,18H2,1-2H3;2*1H. The van der Waals surface area contributed by atoms with E-state index in [0.29, 0.717) is 12.1 Å². The minimum atomic E-state index is 0. The van der Waals surface area contributed by atoms with Crippen molar-refractivity contribution < 1.29 is 0 Å². The van der Waals surface area contributed by atoms with Crippen LogP contribution >= 0.6 is 24.8 Å². The molecule has 0 spiro atoms. The smallest absolute Gasteiger partial charge is 0.254 e. The van der Waals surface area contributed by atoms with Gasteiger partial charge in [0.25, 0.3) is 5.56 Å².